The Hall–Kier alpha value is -2.99. The number of benzene rings is 2. The van der Waals surface area contributed by atoms with E-state index in [1.54, 1.807) is 17.6 Å². The zero-order valence-electron chi connectivity index (χ0n) is 17.8. The summed E-state index contributed by atoms with van der Waals surface area (Å²) in [6.07, 6.45) is 6.33. The Labute approximate surface area is 182 Å². The zero-order chi connectivity index (χ0) is 22.2. The molecule has 164 valence electrons. The second-order valence-electron chi connectivity index (χ2n) is 8.05. The van der Waals surface area contributed by atoms with Crippen LogP contribution in [0.2, 0.25) is 0 Å². The molecule has 2 amide bonds. The van der Waals surface area contributed by atoms with Crippen LogP contribution in [0.4, 0.5) is 4.39 Å². The van der Waals surface area contributed by atoms with Gasteiger partial charge in [0, 0.05) is 24.6 Å². The van der Waals surface area contributed by atoms with Crippen molar-refractivity contribution in [1.82, 2.24) is 10.4 Å². The van der Waals surface area contributed by atoms with Crippen LogP contribution in [0.3, 0.4) is 0 Å². The van der Waals surface area contributed by atoms with Crippen LogP contribution in [-0.4, -0.2) is 34.5 Å². The van der Waals surface area contributed by atoms with Gasteiger partial charge in [0.15, 0.2) is 0 Å². The average Bonchev–Trinajstić information content (AvgIpc) is 3.61. The summed E-state index contributed by atoms with van der Waals surface area (Å²) in [5.74, 6) is -0.783. The highest BCUT2D eigenvalue weighted by Gasteiger charge is 2.33. The predicted octanol–water partition coefficient (Wildman–Crippen LogP) is 4.73. The fraction of sp³-hybridized carbons (Fsp3) is 0.360. The molecule has 0 atom stereocenters. The first-order chi connectivity index (χ1) is 15.0. The van der Waals surface area contributed by atoms with Gasteiger partial charge in [0.05, 0.1) is 0 Å². The van der Waals surface area contributed by atoms with E-state index in [9.17, 15) is 14.0 Å². The van der Waals surface area contributed by atoms with Crippen LogP contribution in [-0.2, 0) is 9.59 Å². The van der Waals surface area contributed by atoms with Gasteiger partial charge in [0.1, 0.15) is 5.82 Å². The molecule has 0 aliphatic heterocycles. The molecule has 1 saturated carbocycles. The number of hydrogen-bond donors (Lipinski definition) is 2. The van der Waals surface area contributed by atoms with Gasteiger partial charge in [0.25, 0.3) is 5.91 Å². The Bertz CT molecular complexity index is 919. The Morgan fingerprint density at radius 1 is 1.06 bits per heavy atom. The van der Waals surface area contributed by atoms with E-state index in [2.05, 4.69) is 0 Å². The molecule has 3 rings (SSSR count). The SMILES string of the molecule is Cc1ccc(C=C(C(=O)N(CCCCCC(=O)NO)C2CC2)c2ccc(F)cc2)cc1. The van der Waals surface area contributed by atoms with Crippen molar-refractivity contribution in [2.24, 2.45) is 0 Å². The van der Waals surface area contributed by atoms with E-state index in [0.717, 1.165) is 36.8 Å². The van der Waals surface area contributed by atoms with Gasteiger partial charge in [0.2, 0.25) is 5.91 Å². The van der Waals surface area contributed by atoms with Gasteiger partial charge in [-0.25, -0.2) is 9.87 Å². The van der Waals surface area contributed by atoms with Crippen molar-refractivity contribution in [1.29, 1.82) is 0 Å². The van der Waals surface area contributed by atoms with Gasteiger partial charge < -0.3 is 4.90 Å². The van der Waals surface area contributed by atoms with E-state index in [0.29, 0.717) is 24.1 Å². The minimum absolute atomic E-state index is 0.0530. The van der Waals surface area contributed by atoms with E-state index >= 15 is 0 Å². The summed E-state index contributed by atoms with van der Waals surface area (Å²) in [6.45, 7) is 2.62. The van der Waals surface area contributed by atoms with Crippen molar-refractivity contribution in [3.8, 4) is 0 Å². The number of rotatable bonds is 10. The number of halogens is 1. The number of carbonyl (C=O) groups is 2. The van der Waals surface area contributed by atoms with Crippen molar-refractivity contribution in [3.63, 3.8) is 0 Å². The van der Waals surface area contributed by atoms with Gasteiger partial charge in [-0.15, -0.1) is 0 Å². The largest absolute Gasteiger partial charge is 0.336 e. The molecule has 0 heterocycles. The summed E-state index contributed by atoms with van der Waals surface area (Å²) in [5.41, 5.74) is 4.94. The number of aryl methyl sites for hydroxylation is 1. The number of carbonyl (C=O) groups excluding carboxylic acids is 2. The predicted molar refractivity (Wildman–Crippen MR) is 119 cm³/mol. The topological polar surface area (TPSA) is 69.6 Å². The molecule has 0 spiro atoms. The van der Waals surface area contributed by atoms with E-state index in [-0.39, 0.29) is 24.2 Å². The molecule has 2 N–H and O–H groups in total. The highest BCUT2D eigenvalue weighted by molar-refractivity contribution is 6.24. The highest BCUT2D eigenvalue weighted by atomic mass is 19.1. The van der Waals surface area contributed by atoms with Crippen LogP contribution < -0.4 is 5.48 Å². The van der Waals surface area contributed by atoms with Gasteiger partial charge in [-0.05, 0) is 61.9 Å². The molecule has 5 nitrogen and oxygen atoms in total. The second-order valence-corrected chi connectivity index (χ2v) is 8.05. The normalized spacial score (nSPS) is 13.7. The summed E-state index contributed by atoms with van der Waals surface area (Å²) in [5, 5.41) is 8.57. The first-order valence-electron chi connectivity index (χ1n) is 10.8. The number of unbranched alkanes of at least 4 members (excludes halogenated alkanes) is 2. The third-order valence-corrected chi connectivity index (χ3v) is 5.45. The number of hydrogen-bond acceptors (Lipinski definition) is 3. The van der Waals surface area contributed by atoms with Crippen molar-refractivity contribution in [2.45, 2.75) is 51.5 Å². The van der Waals surface area contributed by atoms with Crippen molar-refractivity contribution in [2.75, 3.05) is 6.54 Å². The summed E-state index contributed by atoms with van der Waals surface area (Å²) in [6, 6.07) is 14.2. The fourth-order valence-electron chi connectivity index (χ4n) is 3.52. The van der Waals surface area contributed by atoms with Crippen molar-refractivity contribution in [3.05, 3.63) is 71.0 Å². The van der Waals surface area contributed by atoms with Crippen molar-refractivity contribution < 1.29 is 19.2 Å². The lowest BCUT2D eigenvalue weighted by Crippen LogP contribution is -2.34. The second kappa shape index (κ2) is 10.9. The van der Waals surface area contributed by atoms with Gasteiger partial charge >= 0.3 is 0 Å². The summed E-state index contributed by atoms with van der Waals surface area (Å²) >= 11 is 0. The maximum absolute atomic E-state index is 13.6. The van der Waals surface area contributed by atoms with Gasteiger partial charge in [-0.3, -0.25) is 14.8 Å². The van der Waals surface area contributed by atoms with E-state index in [1.807, 2.05) is 42.2 Å². The maximum atomic E-state index is 13.6. The zero-order valence-corrected chi connectivity index (χ0v) is 17.8. The van der Waals surface area contributed by atoms with Crippen LogP contribution in [0.25, 0.3) is 11.6 Å². The average molecular weight is 425 g/mol. The molecule has 1 aliphatic carbocycles. The minimum atomic E-state index is -0.394. The Kier molecular flexibility index (Phi) is 7.95. The number of amides is 2. The molecule has 1 aliphatic rings. The molecule has 0 unspecified atom stereocenters. The highest BCUT2D eigenvalue weighted by Crippen LogP contribution is 2.31. The first-order valence-corrected chi connectivity index (χ1v) is 10.8. The molecule has 0 aromatic heterocycles. The van der Waals surface area contributed by atoms with Crippen molar-refractivity contribution >= 4 is 23.5 Å². The molecule has 31 heavy (non-hydrogen) atoms. The molecule has 0 radical (unpaired) electrons. The molecule has 2 aromatic rings. The molecule has 1 fully saturated rings. The fourth-order valence-corrected chi connectivity index (χ4v) is 3.52. The maximum Gasteiger partial charge on any atom is 0.254 e. The van der Waals surface area contributed by atoms with Crippen LogP contribution in [0.15, 0.2) is 48.5 Å². The Morgan fingerprint density at radius 2 is 1.74 bits per heavy atom. The lowest BCUT2D eigenvalue weighted by atomic mass is 10.0. The first kappa shape index (κ1) is 22.7. The Morgan fingerprint density at radius 3 is 2.35 bits per heavy atom. The molecular formula is C25H29FN2O3. The minimum Gasteiger partial charge on any atom is -0.336 e. The van der Waals surface area contributed by atoms with E-state index in [1.165, 1.54) is 12.1 Å². The number of nitrogens with one attached hydrogen (secondary N) is 1. The van der Waals surface area contributed by atoms with Crippen LogP contribution in [0.5, 0.6) is 0 Å². The molecule has 0 saturated heterocycles. The van der Waals surface area contributed by atoms with Gasteiger partial charge in [-0.2, -0.15) is 0 Å². The number of nitrogens with zero attached hydrogens (tertiary/aromatic N) is 1. The van der Waals surface area contributed by atoms with Crippen LogP contribution in [0.1, 0.15) is 55.2 Å². The Balaban J connectivity index is 1.77. The number of hydroxylamine groups is 1. The monoisotopic (exact) mass is 424 g/mol. The lowest BCUT2D eigenvalue weighted by molar-refractivity contribution is -0.129. The third kappa shape index (κ3) is 6.76. The molecule has 0 bridgehead atoms. The van der Waals surface area contributed by atoms with E-state index in [4.69, 9.17) is 5.21 Å². The summed E-state index contributed by atoms with van der Waals surface area (Å²) in [7, 11) is 0. The lowest BCUT2D eigenvalue weighted by Gasteiger charge is -2.24. The molecular weight excluding hydrogens is 395 g/mol. The third-order valence-electron chi connectivity index (χ3n) is 5.45. The van der Waals surface area contributed by atoms with E-state index < -0.39 is 5.91 Å². The smallest absolute Gasteiger partial charge is 0.254 e. The molecule has 6 heteroatoms. The molecule has 2 aromatic carbocycles. The summed E-state index contributed by atoms with van der Waals surface area (Å²) < 4.78 is 13.5. The summed E-state index contributed by atoms with van der Waals surface area (Å²) in [4.78, 5) is 26.6. The quantitative estimate of drug-likeness (QED) is 0.190. The van der Waals surface area contributed by atoms with Crippen LogP contribution >= 0.6 is 0 Å². The van der Waals surface area contributed by atoms with Crippen LogP contribution in [0, 0.1) is 12.7 Å². The van der Waals surface area contributed by atoms with Gasteiger partial charge in [-0.1, -0.05) is 48.4 Å². The standard InChI is InChI=1S/C25H29FN2O3/c1-18-6-8-19(9-7-18)17-23(20-10-12-21(26)13-11-20)25(30)28(22-14-15-22)16-4-2-3-5-24(29)27-31/h6-13,17,22,31H,2-5,14-16H2,1H3,(H,27,29).